The average Bonchev–Trinajstić information content (AvgIpc) is 3.05. The molecule has 0 radical (unpaired) electrons. The first-order valence-corrected chi connectivity index (χ1v) is 6.69. The first kappa shape index (κ1) is 13.7. The van der Waals surface area contributed by atoms with Gasteiger partial charge in [-0.1, -0.05) is 18.2 Å². The van der Waals surface area contributed by atoms with E-state index < -0.39 is 0 Å². The third-order valence-electron chi connectivity index (χ3n) is 2.90. The minimum atomic E-state index is 0.287. The highest BCUT2D eigenvalue weighted by atomic mass is 16.4. The number of anilines is 1. The van der Waals surface area contributed by atoms with Crippen LogP contribution in [0.3, 0.4) is 0 Å². The Labute approximate surface area is 126 Å². The normalized spacial score (nSPS) is 10.1. The Bertz CT molecular complexity index is 776. The summed E-state index contributed by atoms with van der Waals surface area (Å²) in [5.74, 6) is 1.66. The number of hydrogen-bond donors (Lipinski definition) is 1. The van der Waals surface area contributed by atoms with Gasteiger partial charge in [0.05, 0.1) is 12.4 Å². The summed E-state index contributed by atoms with van der Waals surface area (Å²) in [6.07, 6.45) is 3.51. The predicted octanol–water partition coefficient (Wildman–Crippen LogP) is 2.05. The minimum Gasteiger partial charge on any atom is -0.421 e. The van der Waals surface area contributed by atoms with Crippen molar-refractivity contribution in [1.82, 2.24) is 20.2 Å². The molecule has 7 nitrogen and oxygen atoms in total. The van der Waals surface area contributed by atoms with E-state index in [0.717, 1.165) is 5.56 Å². The van der Waals surface area contributed by atoms with Crippen molar-refractivity contribution in [2.24, 2.45) is 0 Å². The third-order valence-corrected chi connectivity index (χ3v) is 2.90. The molecule has 22 heavy (non-hydrogen) atoms. The van der Waals surface area contributed by atoms with E-state index in [9.17, 15) is 0 Å². The van der Waals surface area contributed by atoms with Gasteiger partial charge in [0.25, 0.3) is 0 Å². The van der Waals surface area contributed by atoms with Crippen LogP contribution >= 0.6 is 0 Å². The van der Waals surface area contributed by atoms with E-state index in [0.29, 0.717) is 30.6 Å². The fourth-order valence-electron chi connectivity index (χ4n) is 1.83. The van der Waals surface area contributed by atoms with Gasteiger partial charge in [-0.15, -0.1) is 10.2 Å². The lowest BCUT2D eigenvalue weighted by Crippen LogP contribution is -2.07. The van der Waals surface area contributed by atoms with Crippen LogP contribution in [-0.2, 0) is 6.42 Å². The molecule has 0 aliphatic carbocycles. The molecule has 0 fully saturated rings. The second-order valence-corrected chi connectivity index (χ2v) is 4.44. The highest BCUT2D eigenvalue weighted by Gasteiger charge is 2.07. The Hall–Kier alpha value is -3.27. The molecule has 0 bridgehead atoms. The SMILES string of the molecule is N#Cc1cnc(NCCc2nnc(-c3ccccc3)o2)cn1. The van der Waals surface area contributed by atoms with Gasteiger partial charge in [-0.25, -0.2) is 9.97 Å². The zero-order chi connectivity index (χ0) is 15.2. The molecule has 0 saturated carbocycles. The van der Waals surface area contributed by atoms with Crippen LogP contribution in [0.15, 0.2) is 47.1 Å². The van der Waals surface area contributed by atoms with Gasteiger partial charge in [0, 0.05) is 18.5 Å². The lowest BCUT2D eigenvalue weighted by atomic mass is 10.2. The molecular weight excluding hydrogens is 280 g/mol. The standard InChI is InChI=1S/C15H12N6O/c16-8-12-9-19-13(10-18-12)17-7-6-14-20-21-15(22-14)11-4-2-1-3-5-11/h1-5,9-10H,6-7H2,(H,17,19). The summed E-state index contributed by atoms with van der Waals surface area (Å²) in [6, 6.07) is 11.5. The van der Waals surface area contributed by atoms with Crippen LogP contribution in [0.4, 0.5) is 5.82 Å². The van der Waals surface area contributed by atoms with Crippen LogP contribution in [0.2, 0.25) is 0 Å². The van der Waals surface area contributed by atoms with Gasteiger partial charge in [-0.05, 0) is 12.1 Å². The maximum absolute atomic E-state index is 8.65. The summed E-state index contributed by atoms with van der Waals surface area (Å²) in [4.78, 5) is 8.00. The highest BCUT2D eigenvalue weighted by molar-refractivity contribution is 5.51. The largest absolute Gasteiger partial charge is 0.421 e. The smallest absolute Gasteiger partial charge is 0.247 e. The summed E-state index contributed by atoms with van der Waals surface area (Å²) in [5, 5.41) is 19.8. The molecule has 0 spiro atoms. The van der Waals surface area contributed by atoms with E-state index in [1.807, 2.05) is 36.4 Å². The third kappa shape index (κ3) is 3.24. The Morgan fingerprint density at radius 2 is 1.95 bits per heavy atom. The second-order valence-electron chi connectivity index (χ2n) is 4.44. The van der Waals surface area contributed by atoms with Crippen molar-refractivity contribution >= 4 is 5.82 Å². The Kier molecular flexibility index (Phi) is 4.02. The van der Waals surface area contributed by atoms with Gasteiger partial charge in [0.15, 0.2) is 5.69 Å². The van der Waals surface area contributed by atoms with E-state index in [2.05, 4.69) is 25.5 Å². The molecular formula is C15H12N6O. The monoisotopic (exact) mass is 292 g/mol. The summed E-state index contributed by atoms with van der Waals surface area (Å²) in [5.41, 5.74) is 1.18. The van der Waals surface area contributed by atoms with Crippen molar-refractivity contribution in [1.29, 1.82) is 5.26 Å². The highest BCUT2D eigenvalue weighted by Crippen LogP contribution is 2.16. The number of nitrogens with one attached hydrogen (secondary N) is 1. The summed E-state index contributed by atoms with van der Waals surface area (Å²) in [6.45, 7) is 0.580. The fourth-order valence-corrected chi connectivity index (χ4v) is 1.83. The number of rotatable bonds is 5. The van der Waals surface area contributed by atoms with Gasteiger partial charge < -0.3 is 9.73 Å². The van der Waals surface area contributed by atoms with Crippen LogP contribution in [-0.4, -0.2) is 26.7 Å². The molecule has 1 N–H and O–H groups in total. The lowest BCUT2D eigenvalue weighted by Gasteiger charge is -2.02. The van der Waals surface area contributed by atoms with E-state index in [1.54, 1.807) is 0 Å². The molecule has 7 heteroatoms. The van der Waals surface area contributed by atoms with E-state index >= 15 is 0 Å². The fraction of sp³-hybridized carbons (Fsp3) is 0.133. The summed E-state index contributed by atoms with van der Waals surface area (Å²) >= 11 is 0. The van der Waals surface area contributed by atoms with Crippen molar-refractivity contribution in [2.45, 2.75) is 6.42 Å². The van der Waals surface area contributed by atoms with Crippen molar-refractivity contribution < 1.29 is 4.42 Å². The summed E-state index contributed by atoms with van der Waals surface area (Å²) in [7, 11) is 0. The molecule has 2 aromatic heterocycles. The van der Waals surface area contributed by atoms with Crippen LogP contribution in [0.1, 0.15) is 11.6 Å². The van der Waals surface area contributed by atoms with Gasteiger partial charge >= 0.3 is 0 Å². The molecule has 2 heterocycles. The first-order valence-electron chi connectivity index (χ1n) is 6.69. The average molecular weight is 292 g/mol. The Morgan fingerprint density at radius 1 is 1.09 bits per heavy atom. The maximum Gasteiger partial charge on any atom is 0.247 e. The predicted molar refractivity (Wildman–Crippen MR) is 78.7 cm³/mol. The Morgan fingerprint density at radius 3 is 2.68 bits per heavy atom. The van der Waals surface area contributed by atoms with Crippen LogP contribution < -0.4 is 5.32 Å². The minimum absolute atomic E-state index is 0.287. The molecule has 0 amide bonds. The van der Waals surface area contributed by atoms with E-state index in [-0.39, 0.29) is 5.69 Å². The molecule has 3 aromatic rings. The molecule has 3 rings (SSSR count). The maximum atomic E-state index is 8.65. The first-order chi connectivity index (χ1) is 10.8. The van der Waals surface area contributed by atoms with E-state index in [4.69, 9.17) is 9.68 Å². The topological polar surface area (TPSA) is 101 Å². The van der Waals surface area contributed by atoms with Crippen molar-refractivity contribution in [3.63, 3.8) is 0 Å². The number of benzene rings is 1. The quantitative estimate of drug-likeness (QED) is 0.768. The van der Waals surface area contributed by atoms with Crippen molar-refractivity contribution in [3.05, 3.63) is 54.3 Å². The van der Waals surface area contributed by atoms with Crippen molar-refractivity contribution in [2.75, 3.05) is 11.9 Å². The second kappa shape index (κ2) is 6.45. The number of nitrogens with zero attached hydrogens (tertiary/aromatic N) is 5. The van der Waals surface area contributed by atoms with Gasteiger partial charge in [-0.2, -0.15) is 5.26 Å². The molecule has 0 aliphatic rings. The molecule has 108 valence electrons. The van der Waals surface area contributed by atoms with Gasteiger partial charge in [0.1, 0.15) is 11.9 Å². The number of hydrogen-bond acceptors (Lipinski definition) is 7. The van der Waals surface area contributed by atoms with Crippen LogP contribution in [0.5, 0.6) is 0 Å². The molecule has 0 unspecified atom stereocenters. The molecule has 0 atom stereocenters. The van der Waals surface area contributed by atoms with Gasteiger partial charge in [-0.3, -0.25) is 0 Å². The van der Waals surface area contributed by atoms with Crippen LogP contribution in [0, 0.1) is 11.3 Å². The van der Waals surface area contributed by atoms with Crippen LogP contribution in [0.25, 0.3) is 11.5 Å². The summed E-state index contributed by atoms with van der Waals surface area (Å²) < 4.78 is 5.60. The van der Waals surface area contributed by atoms with Gasteiger partial charge in [0.2, 0.25) is 11.8 Å². The van der Waals surface area contributed by atoms with E-state index in [1.165, 1.54) is 12.4 Å². The zero-order valence-corrected chi connectivity index (χ0v) is 11.6. The molecule has 1 aromatic carbocycles. The molecule has 0 aliphatic heterocycles. The number of aromatic nitrogens is 4. The number of nitriles is 1. The van der Waals surface area contributed by atoms with Crippen molar-refractivity contribution in [3.8, 4) is 17.5 Å². The molecule has 0 saturated heterocycles. The zero-order valence-electron chi connectivity index (χ0n) is 11.6. The lowest BCUT2D eigenvalue weighted by molar-refractivity contribution is 0.509. The Balaban J connectivity index is 1.56.